The van der Waals surface area contributed by atoms with E-state index in [1.165, 1.54) is 0 Å². The molecule has 2 amide bonds. The van der Waals surface area contributed by atoms with Crippen LogP contribution in [0.15, 0.2) is 55.6 Å². The topological polar surface area (TPSA) is 95.9 Å². The van der Waals surface area contributed by atoms with Gasteiger partial charge in [-0.25, -0.2) is 0 Å². The Morgan fingerprint density at radius 2 is 1.76 bits per heavy atom. The van der Waals surface area contributed by atoms with Crippen molar-refractivity contribution in [1.82, 2.24) is 10.2 Å². The average molecular weight is 459 g/mol. The smallest absolute Gasteiger partial charge is 0.304 e. The number of unbranched alkanes of at least 4 members (excludes halogenated alkanes) is 3. The van der Waals surface area contributed by atoms with Gasteiger partial charge in [0.15, 0.2) is 0 Å². The number of nitrogens with one attached hydrogen (secondary N) is 1. The number of aliphatic carboxylic acids is 1. The van der Waals surface area contributed by atoms with E-state index in [1.807, 2.05) is 36.4 Å². The van der Waals surface area contributed by atoms with Gasteiger partial charge in [0, 0.05) is 19.5 Å². The fourth-order valence-corrected chi connectivity index (χ4v) is 3.39. The zero-order chi connectivity index (χ0) is 24.5. The lowest BCUT2D eigenvalue weighted by atomic mass is 9.97. The van der Waals surface area contributed by atoms with E-state index in [2.05, 4.69) is 18.5 Å². The third kappa shape index (κ3) is 12.0. The highest BCUT2D eigenvalue weighted by Gasteiger charge is 2.28. The molecular weight excluding hydrogens is 420 g/mol. The molecular formula is C26H38N2O5. The average Bonchev–Trinajstić information content (AvgIpc) is 2.80. The SMILES string of the molecule is C=CCCCCN(C)C(=O)[C@H](COCc1ccccc1)NC(=O)[C@H](CCCC=C)CC(=O)O. The first kappa shape index (κ1) is 28.1. The molecule has 1 aromatic rings. The molecule has 2 atom stereocenters. The van der Waals surface area contributed by atoms with Crippen LogP contribution in [0.2, 0.25) is 0 Å². The number of amides is 2. The Bertz CT molecular complexity index is 750. The minimum absolute atomic E-state index is 0.00289. The van der Waals surface area contributed by atoms with E-state index in [0.29, 0.717) is 32.4 Å². The van der Waals surface area contributed by atoms with E-state index in [0.717, 1.165) is 24.8 Å². The molecule has 0 aliphatic heterocycles. The maximum atomic E-state index is 13.1. The summed E-state index contributed by atoms with van der Waals surface area (Å²) in [7, 11) is 1.70. The van der Waals surface area contributed by atoms with Gasteiger partial charge in [-0.2, -0.15) is 0 Å². The molecule has 0 spiro atoms. The van der Waals surface area contributed by atoms with Crippen molar-refractivity contribution in [2.45, 2.75) is 57.6 Å². The number of carboxylic acids is 1. The van der Waals surface area contributed by atoms with Gasteiger partial charge in [0.05, 0.1) is 19.6 Å². The number of rotatable bonds is 18. The molecule has 0 unspecified atom stereocenters. The quantitative estimate of drug-likeness (QED) is 0.257. The number of carbonyl (C=O) groups excluding carboxylic acids is 2. The van der Waals surface area contributed by atoms with Crippen molar-refractivity contribution in [1.29, 1.82) is 0 Å². The van der Waals surface area contributed by atoms with Crippen molar-refractivity contribution in [3.8, 4) is 0 Å². The lowest BCUT2D eigenvalue weighted by Crippen LogP contribution is -2.51. The molecule has 1 aromatic carbocycles. The zero-order valence-corrected chi connectivity index (χ0v) is 19.7. The molecule has 0 radical (unpaired) electrons. The van der Waals surface area contributed by atoms with Gasteiger partial charge in [0.25, 0.3) is 0 Å². The van der Waals surface area contributed by atoms with Crippen LogP contribution in [-0.2, 0) is 25.7 Å². The third-order valence-corrected chi connectivity index (χ3v) is 5.29. The molecule has 0 saturated heterocycles. The Balaban J connectivity index is 2.82. The Kier molecular flexibility index (Phi) is 14.2. The number of allylic oxidation sites excluding steroid dienone is 2. The fraction of sp³-hybridized carbons (Fsp3) is 0.500. The first-order chi connectivity index (χ1) is 15.9. The maximum absolute atomic E-state index is 13.1. The Hall–Kier alpha value is -2.93. The van der Waals surface area contributed by atoms with Crippen LogP contribution in [-0.4, -0.2) is 54.0 Å². The minimum Gasteiger partial charge on any atom is -0.481 e. The minimum atomic E-state index is -1.05. The summed E-state index contributed by atoms with van der Waals surface area (Å²) in [4.78, 5) is 38.8. The molecule has 0 aromatic heterocycles. The number of hydrogen-bond donors (Lipinski definition) is 2. The fourth-order valence-electron chi connectivity index (χ4n) is 3.39. The second-order valence-corrected chi connectivity index (χ2v) is 8.12. The molecule has 0 heterocycles. The maximum Gasteiger partial charge on any atom is 0.304 e. The molecule has 7 heteroatoms. The zero-order valence-electron chi connectivity index (χ0n) is 19.7. The second-order valence-electron chi connectivity index (χ2n) is 8.12. The summed E-state index contributed by atoms with van der Waals surface area (Å²) in [6.07, 6.45) is 7.68. The number of ether oxygens (including phenoxy) is 1. The van der Waals surface area contributed by atoms with E-state index in [-0.39, 0.29) is 18.9 Å². The largest absolute Gasteiger partial charge is 0.481 e. The Morgan fingerprint density at radius 1 is 1.09 bits per heavy atom. The summed E-state index contributed by atoms with van der Waals surface area (Å²) in [5.74, 6) is -2.46. The molecule has 0 saturated carbocycles. The first-order valence-corrected chi connectivity index (χ1v) is 11.5. The second kappa shape index (κ2) is 16.7. The predicted molar refractivity (Wildman–Crippen MR) is 130 cm³/mol. The van der Waals surface area contributed by atoms with E-state index in [1.54, 1.807) is 18.0 Å². The standard InChI is InChI=1S/C26H38N2O5/c1-4-6-8-13-17-28(3)26(32)23(20-33-19-21-14-11-9-12-15-21)27-25(31)22(18-24(29)30)16-10-7-5-2/h4-5,9,11-12,14-15,22-23H,1-2,6-8,10,13,16-20H2,3H3,(H,27,31)(H,29,30)/t22-,23+/m1/s1. The van der Waals surface area contributed by atoms with Crippen LogP contribution in [0.25, 0.3) is 0 Å². The highest BCUT2D eigenvalue weighted by molar-refractivity contribution is 5.89. The van der Waals surface area contributed by atoms with Crippen molar-refractivity contribution in [3.05, 3.63) is 61.2 Å². The number of likely N-dealkylation sites (N-methyl/N-ethyl adjacent to an activating group) is 1. The lowest BCUT2D eigenvalue weighted by Gasteiger charge is -2.26. The van der Waals surface area contributed by atoms with Crippen molar-refractivity contribution in [3.63, 3.8) is 0 Å². The van der Waals surface area contributed by atoms with Gasteiger partial charge in [0.2, 0.25) is 11.8 Å². The van der Waals surface area contributed by atoms with Gasteiger partial charge in [-0.1, -0.05) is 42.5 Å². The molecule has 182 valence electrons. The number of carbonyl (C=O) groups is 3. The molecule has 0 aliphatic carbocycles. The van der Waals surface area contributed by atoms with Crippen LogP contribution in [0.3, 0.4) is 0 Å². The highest BCUT2D eigenvalue weighted by Crippen LogP contribution is 2.15. The number of carboxylic acid groups (broad SMARTS) is 1. The van der Waals surface area contributed by atoms with Gasteiger partial charge in [-0.15, -0.1) is 13.2 Å². The van der Waals surface area contributed by atoms with Gasteiger partial charge in [0.1, 0.15) is 6.04 Å². The molecule has 7 nitrogen and oxygen atoms in total. The van der Waals surface area contributed by atoms with Gasteiger partial charge in [-0.05, 0) is 44.1 Å². The van der Waals surface area contributed by atoms with Crippen LogP contribution >= 0.6 is 0 Å². The van der Waals surface area contributed by atoms with Gasteiger partial charge < -0.3 is 20.1 Å². The van der Waals surface area contributed by atoms with Crippen molar-refractivity contribution in [2.75, 3.05) is 20.2 Å². The van der Waals surface area contributed by atoms with Crippen LogP contribution in [0.1, 0.15) is 50.5 Å². The highest BCUT2D eigenvalue weighted by atomic mass is 16.5. The predicted octanol–water partition coefficient (Wildman–Crippen LogP) is 3.95. The number of nitrogens with zero attached hydrogens (tertiary/aromatic N) is 1. The molecule has 0 aliphatic rings. The molecule has 0 fully saturated rings. The summed E-state index contributed by atoms with van der Waals surface area (Å²) >= 11 is 0. The van der Waals surface area contributed by atoms with E-state index < -0.39 is 23.8 Å². The van der Waals surface area contributed by atoms with Crippen LogP contribution in [0, 0.1) is 5.92 Å². The van der Waals surface area contributed by atoms with Crippen molar-refractivity contribution < 1.29 is 24.2 Å². The third-order valence-electron chi connectivity index (χ3n) is 5.29. The summed E-state index contributed by atoms with van der Waals surface area (Å²) in [5, 5.41) is 12.0. The normalized spacial score (nSPS) is 12.4. The lowest BCUT2D eigenvalue weighted by molar-refractivity contribution is -0.142. The molecule has 33 heavy (non-hydrogen) atoms. The summed E-state index contributed by atoms with van der Waals surface area (Å²) in [6.45, 7) is 8.22. The van der Waals surface area contributed by atoms with Crippen LogP contribution in [0.4, 0.5) is 0 Å². The van der Waals surface area contributed by atoms with Crippen LogP contribution in [0.5, 0.6) is 0 Å². The molecule has 1 rings (SSSR count). The monoisotopic (exact) mass is 458 g/mol. The summed E-state index contributed by atoms with van der Waals surface area (Å²) in [5.41, 5.74) is 0.959. The number of hydrogen-bond acceptors (Lipinski definition) is 4. The summed E-state index contributed by atoms with van der Waals surface area (Å²) < 4.78 is 5.75. The van der Waals surface area contributed by atoms with Gasteiger partial charge >= 0.3 is 5.97 Å². The van der Waals surface area contributed by atoms with Crippen LogP contribution < -0.4 is 5.32 Å². The summed E-state index contributed by atoms with van der Waals surface area (Å²) in [6, 6.07) is 8.67. The van der Waals surface area contributed by atoms with E-state index in [9.17, 15) is 19.5 Å². The number of benzene rings is 1. The van der Waals surface area contributed by atoms with Gasteiger partial charge in [-0.3, -0.25) is 14.4 Å². The van der Waals surface area contributed by atoms with Crippen molar-refractivity contribution in [2.24, 2.45) is 5.92 Å². The van der Waals surface area contributed by atoms with E-state index >= 15 is 0 Å². The van der Waals surface area contributed by atoms with E-state index in [4.69, 9.17) is 4.74 Å². The van der Waals surface area contributed by atoms with Crippen molar-refractivity contribution >= 4 is 17.8 Å². The molecule has 0 bridgehead atoms. The Labute approximate surface area is 197 Å². The Morgan fingerprint density at radius 3 is 2.39 bits per heavy atom. The first-order valence-electron chi connectivity index (χ1n) is 11.5. The molecule has 2 N–H and O–H groups in total.